The van der Waals surface area contributed by atoms with Gasteiger partial charge in [0.25, 0.3) is 11.1 Å². The lowest BCUT2D eigenvalue weighted by Crippen LogP contribution is -2.47. The summed E-state index contributed by atoms with van der Waals surface area (Å²) in [5.41, 5.74) is 1.89. The van der Waals surface area contributed by atoms with E-state index in [0.717, 1.165) is 5.69 Å². The van der Waals surface area contributed by atoms with Crippen molar-refractivity contribution in [3.05, 3.63) is 54.7 Å². The minimum atomic E-state index is -0.537. The smallest absolute Gasteiger partial charge is 0.272 e. The molecule has 1 aromatic carbocycles. The number of nitrogens with zero attached hydrogens (tertiary/aromatic N) is 1. The Labute approximate surface area is 175 Å². The number of H-pyrrole nitrogens is 3. The highest BCUT2D eigenvalue weighted by molar-refractivity contribution is 6.54. The lowest BCUT2D eigenvalue weighted by atomic mass is 9.73. The maximum Gasteiger partial charge on any atom is 0.272 e. The predicted octanol–water partition coefficient (Wildman–Crippen LogP) is -5.07. The van der Waals surface area contributed by atoms with Gasteiger partial charge in [0.2, 0.25) is 0 Å². The zero-order valence-corrected chi connectivity index (χ0v) is 17.9. The van der Waals surface area contributed by atoms with Gasteiger partial charge in [-0.25, -0.2) is 4.98 Å². The molecule has 0 aliphatic carbocycles. The minimum Gasteiger partial charge on any atom is -0.509 e. The van der Waals surface area contributed by atoms with Gasteiger partial charge in [-0.15, -0.1) is 0 Å². The van der Waals surface area contributed by atoms with Crippen LogP contribution in [0.25, 0.3) is 12.2 Å². The van der Waals surface area contributed by atoms with Crippen LogP contribution in [0.3, 0.4) is 0 Å². The molecule has 0 fully saturated rings. The average molecular weight is 404 g/mol. The van der Waals surface area contributed by atoms with Crippen LogP contribution in [0.5, 0.6) is 11.5 Å². The Kier molecular flexibility index (Phi) is 5.32. The first-order chi connectivity index (χ1) is 13.9. The van der Waals surface area contributed by atoms with E-state index in [1.54, 1.807) is 29.9 Å². The highest BCUT2D eigenvalue weighted by atomic mass is 16.3. The fourth-order valence-electron chi connectivity index (χ4n) is 3.31. The van der Waals surface area contributed by atoms with E-state index in [1.165, 1.54) is 12.2 Å². The van der Waals surface area contributed by atoms with Crippen LogP contribution in [0.4, 0.5) is 0 Å². The molecule has 0 unspecified atom stereocenters. The minimum absolute atomic E-state index is 0.0312. The average Bonchev–Trinajstić information content (AvgIpc) is 3.14. The number of hydrogen-bond donors (Lipinski definition) is 5. The number of benzene rings is 1. The van der Waals surface area contributed by atoms with Crippen LogP contribution in [0.15, 0.2) is 15.9 Å². The largest absolute Gasteiger partial charge is 0.509 e. The van der Waals surface area contributed by atoms with Gasteiger partial charge in [0.1, 0.15) is 45.7 Å². The van der Waals surface area contributed by atoms with Crippen molar-refractivity contribution in [3.8, 4) is 11.5 Å². The van der Waals surface area contributed by atoms with Gasteiger partial charge in [-0.2, -0.15) is 0 Å². The van der Waals surface area contributed by atoms with E-state index in [-0.39, 0.29) is 33.2 Å². The number of phenols is 2. The number of aromatic nitrogens is 4. The van der Waals surface area contributed by atoms with Crippen LogP contribution in [-0.4, -0.2) is 53.7 Å². The first-order valence-electron chi connectivity index (χ1n) is 9.53. The fraction of sp³-hybridized carbons (Fsp3) is 0.211. The molecule has 3 rings (SSSR count). The van der Waals surface area contributed by atoms with Crippen molar-refractivity contribution in [2.24, 2.45) is 0 Å². The lowest BCUT2D eigenvalue weighted by Gasteiger charge is -2.16. The summed E-state index contributed by atoms with van der Waals surface area (Å²) >= 11 is 0. The number of aromatic amines is 3. The second-order valence-electron chi connectivity index (χ2n) is 8.42. The van der Waals surface area contributed by atoms with Crippen molar-refractivity contribution in [2.75, 3.05) is 0 Å². The molecule has 2 aromatic heterocycles. The van der Waals surface area contributed by atoms with Crippen LogP contribution in [-0.2, 0) is 5.41 Å². The van der Waals surface area contributed by atoms with E-state index in [0.29, 0.717) is 22.1 Å². The Morgan fingerprint density at radius 3 is 2.00 bits per heavy atom. The monoisotopic (exact) mass is 404 g/mol. The van der Waals surface area contributed by atoms with E-state index in [2.05, 4.69) is 19.9 Å². The molecule has 0 radical (unpaired) electrons. The van der Waals surface area contributed by atoms with E-state index in [9.17, 15) is 19.8 Å². The van der Waals surface area contributed by atoms with Crippen LogP contribution in [0.2, 0.25) is 0 Å². The van der Waals surface area contributed by atoms with Crippen LogP contribution >= 0.6 is 0 Å². The Balaban J connectivity index is 2.23. The molecule has 0 bridgehead atoms. The Bertz CT molecular complexity index is 1350. The molecular formula is C19H23B3N4O4. The van der Waals surface area contributed by atoms with E-state index < -0.39 is 11.1 Å². The maximum absolute atomic E-state index is 12.6. The molecule has 152 valence electrons. The first-order valence-corrected chi connectivity index (χ1v) is 9.53. The molecule has 0 aliphatic rings. The zero-order valence-electron chi connectivity index (χ0n) is 17.9. The Morgan fingerprint density at radius 2 is 1.43 bits per heavy atom. The van der Waals surface area contributed by atoms with Gasteiger partial charge in [0.05, 0.1) is 12.0 Å². The van der Waals surface area contributed by atoms with Crippen LogP contribution in [0, 0.1) is 0 Å². The molecule has 30 heavy (non-hydrogen) atoms. The highest BCUT2D eigenvalue weighted by Gasteiger charge is 2.19. The quantitative estimate of drug-likeness (QED) is 0.215. The summed E-state index contributed by atoms with van der Waals surface area (Å²) in [6.07, 6.45) is 4.42. The van der Waals surface area contributed by atoms with Gasteiger partial charge in [-0.3, -0.25) is 9.59 Å². The molecule has 11 heteroatoms. The van der Waals surface area contributed by atoms with Crippen molar-refractivity contribution in [1.29, 1.82) is 0 Å². The zero-order chi connectivity index (χ0) is 22.4. The Hall–Kier alpha value is -3.36. The number of aromatic hydroxyl groups is 2. The third kappa shape index (κ3) is 3.75. The van der Waals surface area contributed by atoms with E-state index >= 15 is 0 Å². The van der Waals surface area contributed by atoms with Crippen molar-refractivity contribution in [3.63, 3.8) is 0 Å². The fourth-order valence-corrected chi connectivity index (χ4v) is 3.31. The summed E-state index contributed by atoms with van der Waals surface area (Å²) in [4.78, 5) is 37.7. The third-order valence-corrected chi connectivity index (χ3v) is 5.26. The van der Waals surface area contributed by atoms with Gasteiger partial charge >= 0.3 is 0 Å². The summed E-state index contributed by atoms with van der Waals surface area (Å²) in [5, 5.41) is 20.8. The summed E-state index contributed by atoms with van der Waals surface area (Å²) in [5.74, 6) is -0.0152. The molecule has 2 heterocycles. The van der Waals surface area contributed by atoms with Gasteiger partial charge in [0, 0.05) is 16.7 Å². The molecule has 5 N–H and O–H groups in total. The van der Waals surface area contributed by atoms with Crippen LogP contribution < -0.4 is 38.2 Å². The maximum atomic E-state index is 12.6. The molecule has 0 spiro atoms. The topological polar surface area (TPSA) is 135 Å². The molecule has 0 aliphatic heterocycles. The van der Waals surface area contributed by atoms with Gasteiger partial charge in [-0.05, 0) is 17.6 Å². The second kappa shape index (κ2) is 7.48. The first kappa shape index (κ1) is 21.4. The number of hydrogen-bond acceptors (Lipinski definition) is 5. The standard InChI is InChI=1S/C19H23B3N4O4/c1-19(2,3)16-8(23-6-24-16)5-10-18(30)25-9(17(29)26-10)4-7-11(20)15(28)13(22)12(21)14(7)27/h4-6,27-28H,20-22H2,1-3H3,(H,23,24)(H,25,30)(H,26,29)/b9-4-,10-5-. The van der Waals surface area contributed by atoms with Gasteiger partial charge in [-0.1, -0.05) is 31.7 Å². The lowest BCUT2D eigenvalue weighted by molar-refractivity contribution is 0.469. The molecule has 0 saturated carbocycles. The van der Waals surface area contributed by atoms with E-state index in [1.807, 2.05) is 20.8 Å². The normalized spacial score (nSPS) is 13.2. The van der Waals surface area contributed by atoms with Gasteiger partial charge < -0.3 is 25.2 Å². The molecule has 0 atom stereocenters. The molecule has 0 amide bonds. The third-order valence-electron chi connectivity index (χ3n) is 5.26. The number of imidazole rings is 1. The molecule has 3 aromatic rings. The molecule has 0 saturated heterocycles. The van der Waals surface area contributed by atoms with Crippen molar-refractivity contribution < 1.29 is 10.2 Å². The van der Waals surface area contributed by atoms with Crippen LogP contribution in [0.1, 0.15) is 37.7 Å². The van der Waals surface area contributed by atoms with Gasteiger partial charge in [0.15, 0.2) is 0 Å². The highest BCUT2D eigenvalue weighted by Crippen LogP contribution is 2.22. The summed E-state index contributed by atoms with van der Waals surface area (Å²) < 4.78 is 0. The number of phenolic OH excluding ortho intramolecular Hbond substituents is 2. The number of nitrogens with one attached hydrogen (secondary N) is 3. The van der Waals surface area contributed by atoms with E-state index in [4.69, 9.17) is 0 Å². The molecule has 8 nitrogen and oxygen atoms in total. The van der Waals surface area contributed by atoms with Crippen molar-refractivity contribution >= 4 is 52.1 Å². The van der Waals surface area contributed by atoms with Crippen molar-refractivity contribution in [1.82, 2.24) is 19.9 Å². The number of rotatable bonds is 2. The SMILES string of the molecule is Bc1c(B)c(O)c(/C=c2\[nH]c(=O)/c(=C/c3nc[nH]c3C(C)(C)C)[nH]c2=O)c(B)c1O. The summed E-state index contributed by atoms with van der Waals surface area (Å²) in [6.45, 7) is 6.03. The molecular weight excluding hydrogens is 381 g/mol. The second-order valence-corrected chi connectivity index (χ2v) is 8.42. The van der Waals surface area contributed by atoms with Crippen molar-refractivity contribution in [2.45, 2.75) is 26.2 Å². The predicted molar refractivity (Wildman–Crippen MR) is 126 cm³/mol. The summed E-state index contributed by atoms with van der Waals surface area (Å²) in [6, 6.07) is 0. The Morgan fingerprint density at radius 1 is 0.900 bits per heavy atom. The summed E-state index contributed by atoms with van der Waals surface area (Å²) in [7, 11) is 5.00.